The number of hydrogen-bond acceptors (Lipinski definition) is 10. The Morgan fingerprint density at radius 3 is 1.14 bits per heavy atom. The smallest absolute Gasteiger partial charge is 0.349 e. The lowest BCUT2D eigenvalue weighted by atomic mass is 9.87. The summed E-state index contributed by atoms with van der Waals surface area (Å²) in [6.45, 7) is 0.0165. The zero-order chi connectivity index (χ0) is 41.9. The molecule has 0 saturated carbocycles. The third-order valence-electron chi connectivity index (χ3n) is 10.1. The highest BCUT2D eigenvalue weighted by molar-refractivity contribution is 8.46. The van der Waals surface area contributed by atoms with Gasteiger partial charge in [0.25, 0.3) is 20.4 Å². The van der Waals surface area contributed by atoms with Gasteiger partial charge in [0.15, 0.2) is 0 Å². The van der Waals surface area contributed by atoms with Crippen LogP contribution < -0.4 is 0 Å². The fourth-order valence-corrected chi connectivity index (χ4v) is 9.10. The van der Waals surface area contributed by atoms with Gasteiger partial charge in [0.2, 0.25) is 0 Å². The predicted molar refractivity (Wildman–Crippen MR) is 185 cm³/mol. The van der Waals surface area contributed by atoms with Gasteiger partial charge >= 0.3 is 11.9 Å². The Balaban J connectivity index is 1.38. The van der Waals surface area contributed by atoms with Gasteiger partial charge in [-0.3, -0.25) is 0 Å². The van der Waals surface area contributed by atoms with Gasteiger partial charge in [-0.2, -0.15) is 21.0 Å². The van der Waals surface area contributed by atoms with Crippen molar-refractivity contribution >= 4 is 32.4 Å². The molecule has 0 amide bonds. The SMILES string of the molecule is N#CC1=C(N2CCCC2)CC(S(F)(F)(F)(F)F)C/C1=C(/C#N)C(=O)OCCCCCCOC(=O)/C(C#N)=C1\CC(S(F)(F)(F)(F)F)CC(N2CCCC2)=C1C#N. The van der Waals surface area contributed by atoms with Crippen molar-refractivity contribution in [3.63, 3.8) is 0 Å². The van der Waals surface area contributed by atoms with Gasteiger partial charge in [-0.1, -0.05) is 38.9 Å². The molecule has 4 aliphatic rings. The summed E-state index contributed by atoms with van der Waals surface area (Å²) in [6.07, 6.45) is -2.50. The summed E-state index contributed by atoms with van der Waals surface area (Å²) in [5.74, 6) is -2.84. The molecule has 0 aromatic rings. The molecule has 0 N–H and O–H groups in total. The summed E-state index contributed by atoms with van der Waals surface area (Å²) in [5.41, 5.74) is -5.12. The summed E-state index contributed by atoms with van der Waals surface area (Å²) >= 11 is 0. The highest BCUT2D eigenvalue weighted by Crippen LogP contribution is 3.02. The molecule has 0 spiro atoms. The fourth-order valence-electron chi connectivity index (χ4n) is 7.19. The predicted octanol–water partition coefficient (Wildman–Crippen LogP) is 9.94. The van der Waals surface area contributed by atoms with E-state index in [0.29, 0.717) is 25.7 Å². The standard InChI is InChI=1S/C34H38F10N6O4S2/c35-55(36,37,38,39)23-15-25(27(19-45)31(17-23)49-9-3-4-10-49)29(21-47)33(51)53-13-7-1-2-8-14-54-34(52)30(22-48)26-16-24(56(40,41,42,43)44)18-32(28(26)20-46)50-11-5-6-12-50/h23-24H,1-18H2/b29-25+,30-26+. The third kappa shape index (κ3) is 10.6. The Labute approximate surface area is 316 Å². The number of nitrogens with zero attached hydrogens (tertiary/aromatic N) is 6. The molecule has 2 aliphatic carbocycles. The van der Waals surface area contributed by atoms with Crippen LogP contribution in [-0.2, 0) is 19.1 Å². The largest absolute Gasteiger partial charge is 0.462 e. The number of ether oxygens (including phenoxy) is 2. The highest BCUT2D eigenvalue weighted by atomic mass is 32.5. The molecule has 310 valence electrons. The van der Waals surface area contributed by atoms with Crippen LogP contribution in [0, 0.1) is 45.3 Å². The van der Waals surface area contributed by atoms with Crippen molar-refractivity contribution in [2.45, 2.75) is 87.5 Å². The summed E-state index contributed by atoms with van der Waals surface area (Å²) in [5, 5.41) is 32.6. The summed E-state index contributed by atoms with van der Waals surface area (Å²) < 4.78 is 150. The van der Waals surface area contributed by atoms with Crippen LogP contribution in [0.3, 0.4) is 0 Å². The van der Waals surface area contributed by atoms with Gasteiger partial charge in [-0.05, 0) is 75.4 Å². The molecule has 2 atom stereocenters. The van der Waals surface area contributed by atoms with Crippen molar-refractivity contribution in [3.05, 3.63) is 44.8 Å². The van der Waals surface area contributed by atoms with E-state index < -0.39 is 115 Å². The van der Waals surface area contributed by atoms with Crippen LogP contribution in [0.25, 0.3) is 0 Å². The van der Waals surface area contributed by atoms with E-state index in [2.05, 4.69) is 0 Å². The van der Waals surface area contributed by atoms with Gasteiger partial charge in [0.1, 0.15) is 45.9 Å². The average Bonchev–Trinajstić information content (AvgIpc) is 3.83. The highest BCUT2D eigenvalue weighted by Gasteiger charge is 2.71. The van der Waals surface area contributed by atoms with Crippen molar-refractivity contribution < 1.29 is 57.9 Å². The molecule has 10 nitrogen and oxygen atoms in total. The van der Waals surface area contributed by atoms with Crippen LogP contribution >= 0.6 is 20.4 Å². The molecule has 0 bridgehead atoms. The van der Waals surface area contributed by atoms with Crippen LogP contribution in [0.1, 0.15) is 77.0 Å². The summed E-state index contributed by atoms with van der Waals surface area (Å²) in [6, 6.07) is 6.19. The van der Waals surface area contributed by atoms with Crippen LogP contribution in [-0.4, -0.2) is 71.6 Å². The number of unbranched alkanes of at least 4 members (excludes halogenated alkanes) is 3. The van der Waals surface area contributed by atoms with E-state index in [1.807, 2.05) is 0 Å². The van der Waals surface area contributed by atoms with E-state index in [1.54, 1.807) is 12.1 Å². The molecular formula is C34H38F10N6O4S2. The number of rotatable bonds is 13. The fraction of sp³-hybridized carbons (Fsp3) is 0.588. The molecule has 0 aromatic heterocycles. The second-order valence-corrected chi connectivity index (χ2v) is 19.4. The molecule has 0 radical (unpaired) electrons. The second-order valence-electron chi connectivity index (χ2n) is 14.0. The lowest BCUT2D eigenvalue weighted by Crippen LogP contribution is -2.35. The van der Waals surface area contributed by atoms with Crippen molar-refractivity contribution in [3.8, 4) is 24.3 Å². The molecule has 2 heterocycles. The van der Waals surface area contributed by atoms with Crippen molar-refractivity contribution in [1.29, 1.82) is 21.0 Å². The van der Waals surface area contributed by atoms with Crippen molar-refractivity contribution in [2.24, 2.45) is 0 Å². The Morgan fingerprint density at radius 2 is 0.875 bits per heavy atom. The van der Waals surface area contributed by atoms with E-state index in [-0.39, 0.29) is 63.3 Å². The lowest BCUT2D eigenvalue weighted by molar-refractivity contribution is -0.139. The monoisotopic (exact) mass is 848 g/mol. The molecule has 0 aromatic carbocycles. The number of halogens is 10. The van der Waals surface area contributed by atoms with E-state index in [0.717, 1.165) is 0 Å². The van der Waals surface area contributed by atoms with Crippen LogP contribution in [0.5, 0.6) is 0 Å². The molecule has 22 heteroatoms. The molecule has 2 fully saturated rings. The minimum Gasteiger partial charge on any atom is -0.462 e. The molecular weight excluding hydrogens is 811 g/mol. The van der Waals surface area contributed by atoms with E-state index in [4.69, 9.17) is 9.47 Å². The molecule has 2 unspecified atom stereocenters. The van der Waals surface area contributed by atoms with Gasteiger partial charge in [0.05, 0.1) is 24.4 Å². The van der Waals surface area contributed by atoms with Gasteiger partial charge < -0.3 is 19.3 Å². The molecule has 2 saturated heterocycles. The molecule has 56 heavy (non-hydrogen) atoms. The van der Waals surface area contributed by atoms with Gasteiger partial charge in [0, 0.05) is 50.4 Å². The first kappa shape index (κ1) is 44.2. The van der Waals surface area contributed by atoms with Crippen molar-refractivity contribution in [2.75, 3.05) is 39.4 Å². The zero-order valence-electron chi connectivity index (χ0n) is 29.8. The Kier molecular flexibility index (Phi) is 11.6. The normalized spacial score (nSPS) is 25.0. The number of nitriles is 4. The number of likely N-dealkylation sites (tertiary alicyclic amines) is 2. The van der Waals surface area contributed by atoms with Gasteiger partial charge in [-0.25, -0.2) is 9.59 Å². The average molecular weight is 849 g/mol. The first-order chi connectivity index (χ1) is 25.7. The van der Waals surface area contributed by atoms with Crippen LogP contribution in [0.2, 0.25) is 0 Å². The summed E-state index contributed by atoms with van der Waals surface area (Å²) in [4.78, 5) is 28.4. The van der Waals surface area contributed by atoms with Crippen LogP contribution in [0.15, 0.2) is 44.8 Å². The maximum absolute atomic E-state index is 14.0. The van der Waals surface area contributed by atoms with E-state index in [9.17, 15) is 69.5 Å². The minimum atomic E-state index is -10.2. The number of hydrogen-bond donors (Lipinski definition) is 0. The second kappa shape index (κ2) is 14.8. The molecule has 4 rings (SSSR count). The maximum Gasteiger partial charge on any atom is 0.349 e. The maximum atomic E-state index is 14.0. The first-order valence-corrected chi connectivity index (χ1v) is 21.6. The van der Waals surface area contributed by atoms with E-state index in [1.165, 1.54) is 21.9 Å². The number of carbonyl (C=O) groups is 2. The minimum absolute atomic E-state index is 0.0840. The topological polar surface area (TPSA) is 154 Å². The number of allylic oxidation sites excluding steroid dienone is 6. The number of esters is 2. The Morgan fingerprint density at radius 1 is 0.554 bits per heavy atom. The van der Waals surface area contributed by atoms with Crippen molar-refractivity contribution in [1.82, 2.24) is 9.80 Å². The summed E-state index contributed by atoms with van der Waals surface area (Å²) in [7, 11) is -20.3. The van der Waals surface area contributed by atoms with Crippen LogP contribution in [0.4, 0.5) is 38.9 Å². The zero-order valence-corrected chi connectivity index (χ0v) is 31.4. The lowest BCUT2D eigenvalue weighted by Gasteiger charge is -2.49. The first-order valence-electron chi connectivity index (χ1n) is 17.6. The molecule has 2 aliphatic heterocycles. The Hall–Kier alpha value is -4.54. The van der Waals surface area contributed by atoms with Gasteiger partial charge in [-0.15, -0.1) is 0 Å². The Bertz CT molecular complexity index is 1800. The third-order valence-corrected chi connectivity index (χ3v) is 13.3. The number of carbonyl (C=O) groups excluding carboxylic acids is 2. The van der Waals surface area contributed by atoms with E-state index >= 15 is 0 Å². The quantitative estimate of drug-likeness (QED) is 0.0575.